The standard InChI is InChI=1S/C17H17N3O4/c1-10(2)23-12-4-5-13-14(7-16(21)24-15(13)6-12)17(22)19-11-8-18-20(3)9-11/h4-10H,1-3H3,(H,19,22). The third-order valence-corrected chi connectivity index (χ3v) is 3.30. The van der Waals surface area contributed by atoms with Crippen molar-refractivity contribution in [2.24, 2.45) is 7.05 Å². The summed E-state index contributed by atoms with van der Waals surface area (Å²) in [7, 11) is 1.75. The Kier molecular flexibility index (Phi) is 4.07. The quantitative estimate of drug-likeness (QED) is 0.744. The first-order valence-corrected chi connectivity index (χ1v) is 7.47. The summed E-state index contributed by atoms with van der Waals surface area (Å²) in [5.74, 6) is 0.170. The van der Waals surface area contributed by atoms with Gasteiger partial charge in [-0.1, -0.05) is 0 Å². The van der Waals surface area contributed by atoms with Crippen LogP contribution in [0.3, 0.4) is 0 Å². The zero-order valence-corrected chi connectivity index (χ0v) is 13.6. The van der Waals surface area contributed by atoms with Gasteiger partial charge in [-0.3, -0.25) is 9.48 Å². The Hall–Kier alpha value is -3.09. The van der Waals surface area contributed by atoms with Crippen molar-refractivity contribution in [1.82, 2.24) is 9.78 Å². The molecule has 3 rings (SSSR count). The van der Waals surface area contributed by atoms with Crippen LogP contribution in [0.15, 0.2) is 45.9 Å². The first-order chi connectivity index (χ1) is 11.4. The van der Waals surface area contributed by atoms with Gasteiger partial charge in [0.15, 0.2) is 0 Å². The molecule has 0 aliphatic rings. The summed E-state index contributed by atoms with van der Waals surface area (Å²) in [4.78, 5) is 24.3. The molecule has 7 nitrogen and oxygen atoms in total. The highest BCUT2D eigenvalue weighted by Gasteiger charge is 2.15. The maximum Gasteiger partial charge on any atom is 0.337 e. The van der Waals surface area contributed by atoms with E-state index in [-0.39, 0.29) is 11.7 Å². The number of aromatic nitrogens is 2. The fourth-order valence-corrected chi connectivity index (χ4v) is 2.36. The molecule has 2 aromatic heterocycles. The highest BCUT2D eigenvalue weighted by atomic mass is 16.5. The van der Waals surface area contributed by atoms with E-state index in [9.17, 15) is 9.59 Å². The van der Waals surface area contributed by atoms with Crippen LogP contribution in [0.5, 0.6) is 5.75 Å². The molecule has 0 unspecified atom stereocenters. The first kappa shape index (κ1) is 15.8. The normalized spacial score (nSPS) is 11.0. The topological polar surface area (TPSA) is 86.4 Å². The van der Waals surface area contributed by atoms with Crippen LogP contribution in [0.4, 0.5) is 5.69 Å². The molecular weight excluding hydrogens is 310 g/mol. The molecule has 3 aromatic rings. The van der Waals surface area contributed by atoms with Gasteiger partial charge in [0.25, 0.3) is 5.91 Å². The summed E-state index contributed by atoms with van der Waals surface area (Å²) < 4.78 is 12.4. The van der Waals surface area contributed by atoms with E-state index < -0.39 is 11.5 Å². The van der Waals surface area contributed by atoms with Crippen LogP contribution in [0.2, 0.25) is 0 Å². The minimum Gasteiger partial charge on any atom is -0.491 e. The molecule has 24 heavy (non-hydrogen) atoms. The molecule has 124 valence electrons. The molecule has 1 aromatic carbocycles. The van der Waals surface area contributed by atoms with E-state index in [1.54, 1.807) is 36.1 Å². The number of hydrogen-bond donors (Lipinski definition) is 1. The number of fused-ring (bicyclic) bond motifs is 1. The third-order valence-electron chi connectivity index (χ3n) is 3.30. The van der Waals surface area contributed by atoms with Gasteiger partial charge < -0.3 is 14.5 Å². The lowest BCUT2D eigenvalue weighted by Gasteiger charge is -2.11. The van der Waals surface area contributed by atoms with Crippen LogP contribution in [0, 0.1) is 0 Å². The molecular formula is C17H17N3O4. The van der Waals surface area contributed by atoms with Gasteiger partial charge in [-0.05, 0) is 26.0 Å². The lowest BCUT2D eigenvalue weighted by atomic mass is 10.1. The van der Waals surface area contributed by atoms with Crippen LogP contribution in [0.1, 0.15) is 24.2 Å². The number of ether oxygens (including phenoxy) is 1. The molecule has 7 heteroatoms. The van der Waals surface area contributed by atoms with Crippen molar-refractivity contribution in [2.75, 3.05) is 5.32 Å². The Morgan fingerprint density at radius 1 is 1.33 bits per heavy atom. The number of carbonyl (C=O) groups excluding carboxylic acids is 1. The monoisotopic (exact) mass is 327 g/mol. The van der Waals surface area contributed by atoms with E-state index >= 15 is 0 Å². The smallest absolute Gasteiger partial charge is 0.337 e. The van der Waals surface area contributed by atoms with Crippen LogP contribution >= 0.6 is 0 Å². The highest BCUT2D eigenvalue weighted by Crippen LogP contribution is 2.24. The molecule has 0 saturated heterocycles. The van der Waals surface area contributed by atoms with Crippen molar-refractivity contribution in [3.05, 3.63) is 52.6 Å². The number of anilines is 1. The van der Waals surface area contributed by atoms with Gasteiger partial charge in [0, 0.05) is 30.8 Å². The number of hydrogen-bond acceptors (Lipinski definition) is 5. The Labute approximate surface area is 137 Å². The molecule has 1 N–H and O–H groups in total. The fraction of sp³-hybridized carbons (Fsp3) is 0.235. The predicted molar refractivity (Wildman–Crippen MR) is 89.4 cm³/mol. The second kappa shape index (κ2) is 6.19. The number of nitrogens with one attached hydrogen (secondary N) is 1. The largest absolute Gasteiger partial charge is 0.491 e. The average molecular weight is 327 g/mol. The lowest BCUT2D eigenvalue weighted by molar-refractivity contribution is 0.102. The van der Waals surface area contributed by atoms with Crippen molar-refractivity contribution >= 4 is 22.6 Å². The van der Waals surface area contributed by atoms with Crippen molar-refractivity contribution in [3.63, 3.8) is 0 Å². The highest BCUT2D eigenvalue weighted by molar-refractivity contribution is 6.11. The van der Waals surface area contributed by atoms with Gasteiger partial charge in [0.05, 0.1) is 23.6 Å². The molecule has 2 heterocycles. The van der Waals surface area contributed by atoms with E-state index in [4.69, 9.17) is 9.15 Å². The second-order valence-electron chi connectivity index (χ2n) is 5.66. The minimum absolute atomic E-state index is 0.00812. The average Bonchev–Trinajstić information content (AvgIpc) is 2.90. The maximum atomic E-state index is 12.5. The van der Waals surface area contributed by atoms with E-state index in [1.807, 2.05) is 13.8 Å². The van der Waals surface area contributed by atoms with E-state index in [0.29, 0.717) is 22.4 Å². The summed E-state index contributed by atoms with van der Waals surface area (Å²) in [6.45, 7) is 3.80. The summed E-state index contributed by atoms with van der Waals surface area (Å²) >= 11 is 0. The van der Waals surface area contributed by atoms with Crippen molar-refractivity contribution in [2.45, 2.75) is 20.0 Å². The molecule has 0 aliphatic carbocycles. The van der Waals surface area contributed by atoms with Crippen LogP contribution < -0.4 is 15.7 Å². The zero-order valence-electron chi connectivity index (χ0n) is 13.6. The van der Waals surface area contributed by atoms with Gasteiger partial charge in [-0.25, -0.2) is 4.79 Å². The van der Waals surface area contributed by atoms with Crippen molar-refractivity contribution < 1.29 is 13.9 Å². The predicted octanol–water partition coefficient (Wildman–Crippen LogP) is 2.57. The molecule has 0 radical (unpaired) electrons. The lowest BCUT2D eigenvalue weighted by Crippen LogP contribution is -2.15. The Morgan fingerprint density at radius 3 is 2.79 bits per heavy atom. The van der Waals surface area contributed by atoms with Gasteiger partial charge in [0.2, 0.25) is 0 Å². The molecule has 0 bridgehead atoms. The molecule has 0 saturated carbocycles. The molecule has 0 fully saturated rings. The summed E-state index contributed by atoms with van der Waals surface area (Å²) in [5.41, 5.74) is 0.488. The molecule has 0 spiro atoms. The van der Waals surface area contributed by atoms with Crippen molar-refractivity contribution in [1.29, 1.82) is 0 Å². The number of rotatable bonds is 4. The van der Waals surface area contributed by atoms with Crippen LogP contribution in [-0.4, -0.2) is 21.8 Å². The second-order valence-corrected chi connectivity index (χ2v) is 5.66. The summed E-state index contributed by atoms with van der Waals surface area (Å²) in [5, 5.41) is 7.23. The number of aryl methyl sites for hydroxylation is 1. The van der Waals surface area contributed by atoms with Crippen molar-refractivity contribution in [3.8, 4) is 5.75 Å². The SMILES string of the molecule is CC(C)Oc1ccc2c(C(=O)Nc3cnn(C)c3)cc(=O)oc2c1. The molecule has 0 aliphatic heterocycles. The molecule has 1 amide bonds. The van der Waals surface area contributed by atoms with Gasteiger partial charge >= 0.3 is 5.63 Å². The fourth-order valence-electron chi connectivity index (χ4n) is 2.36. The number of carbonyl (C=O) groups is 1. The van der Waals surface area contributed by atoms with Gasteiger partial charge in [-0.15, -0.1) is 0 Å². The molecule has 0 atom stereocenters. The van der Waals surface area contributed by atoms with Gasteiger partial charge in [-0.2, -0.15) is 5.10 Å². The summed E-state index contributed by atoms with van der Waals surface area (Å²) in [6, 6.07) is 6.23. The van der Waals surface area contributed by atoms with Crippen LogP contribution in [0.25, 0.3) is 11.0 Å². The Morgan fingerprint density at radius 2 is 2.12 bits per heavy atom. The Balaban J connectivity index is 2.00. The number of nitrogens with zero attached hydrogens (tertiary/aromatic N) is 2. The zero-order chi connectivity index (χ0) is 17.3. The van der Waals surface area contributed by atoms with E-state index in [2.05, 4.69) is 10.4 Å². The van der Waals surface area contributed by atoms with Crippen LogP contribution in [-0.2, 0) is 7.05 Å². The third kappa shape index (κ3) is 3.29. The number of amides is 1. The minimum atomic E-state index is -0.597. The van der Waals surface area contributed by atoms with Gasteiger partial charge in [0.1, 0.15) is 11.3 Å². The Bertz CT molecular complexity index is 956. The number of benzene rings is 1. The summed E-state index contributed by atoms with van der Waals surface area (Å²) in [6.07, 6.45) is 3.19. The van der Waals surface area contributed by atoms with E-state index in [1.165, 1.54) is 12.3 Å². The first-order valence-electron chi connectivity index (χ1n) is 7.47. The maximum absolute atomic E-state index is 12.5. The van der Waals surface area contributed by atoms with E-state index in [0.717, 1.165) is 0 Å².